The van der Waals surface area contributed by atoms with E-state index in [1.165, 1.54) is 13.8 Å². The van der Waals surface area contributed by atoms with Gasteiger partial charge in [-0.05, 0) is 45.6 Å². The summed E-state index contributed by atoms with van der Waals surface area (Å²) in [5, 5.41) is 26.2. The summed E-state index contributed by atoms with van der Waals surface area (Å²) in [7, 11) is 0. The average Bonchev–Trinajstić information content (AvgIpc) is 2.64. The first-order valence-corrected chi connectivity index (χ1v) is 10.2. The smallest absolute Gasteiger partial charge is 0.325 e. The molecule has 0 rings (SSSR count). The minimum absolute atomic E-state index is 0.0109. The van der Waals surface area contributed by atoms with Gasteiger partial charge in [0.15, 0.2) is 0 Å². The van der Waals surface area contributed by atoms with Crippen LogP contribution in [-0.4, -0.2) is 70.7 Å². The van der Waals surface area contributed by atoms with Gasteiger partial charge in [-0.25, -0.2) is 0 Å². The molecule has 0 aliphatic heterocycles. The number of carboxylic acids is 1. The minimum atomic E-state index is -1.32. The molecule has 0 fully saturated rings. The highest BCUT2D eigenvalue weighted by Crippen LogP contribution is 2.07. The Balaban J connectivity index is 5.17. The first-order valence-electron chi connectivity index (χ1n) is 10.2. The molecule has 11 heteroatoms. The molecular weight excluding hydrogens is 394 g/mol. The maximum absolute atomic E-state index is 12.7. The van der Waals surface area contributed by atoms with Crippen molar-refractivity contribution >= 4 is 23.7 Å². The van der Waals surface area contributed by atoms with Gasteiger partial charge in [-0.3, -0.25) is 19.2 Å². The van der Waals surface area contributed by atoms with Gasteiger partial charge >= 0.3 is 5.97 Å². The van der Waals surface area contributed by atoms with Crippen molar-refractivity contribution in [3.05, 3.63) is 0 Å². The number of aliphatic hydroxyl groups excluding tert-OH is 1. The average molecular weight is 432 g/mol. The van der Waals surface area contributed by atoms with Crippen molar-refractivity contribution in [2.45, 2.75) is 83.6 Å². The molecule has 0 heterocycles. The second-order valence-corrected chi connectivity index (χ2v) is 7.88. The molecule has 5 unspecified atom stereocenters. The quantitative estimate of drug-likeness (QED) is 0.160. The molecule has 0 saturated carbocycles. The Morgan fingerprint density at radius 3 is 1.97 bits per heavy atom. The lowest BCUT2D eigenvalue weighted by atomic mass is 10.0. The number of hydrogen-bond donors (Lipinski definition) is 7. The molecule has 11 nitrogen and oxygen atoms in total. The molecule has 9 N–H and O–H groups in total. The zero-order chi connectivity index (χ0) is 23.4. The van der Waals surface area contributed by atoms with Gasteiger partial charge in [0.2, 0.25) is 17.7 Å². The predicted octanol–water partition coefficient (Wildman–Crippen LogP) is -1.57. The van der Waals surface area contributed by atoms with Gasteiger partial charge < -0.3 is 37.6 Å². The molecule has 30 heavy (non-hydrogen) atoms. The van der Waals surface area contributed by atoms with Crippen LogP contribution in [0.15, 0.2) is 0 Å². The fourth-order valence-corrected chi connectivity index (χ4v) is 2.65. The van der Waals surface area contributed by atoms with E-state index in [0.29, 0.717) is 25.8 Å². The van der Waals surface area contributed by atoms with Crippen LogP contribution in [0.3, 0.4) is 0 Å². The second-order valence-electron chi connectivity index (χ2n) is 7.88. The zero-order valence-corrected chi connectivity index (χ0v) is 18.2. The monoisotopic (exact) mass is 431 g/mol. The molecule has 0 spiro atoms. The van der Waals surface area contributed by atoms with Crippen LogP contribution in [0.1, 0.15) is 53.4 Å². The third-order valence-corrected chi connectivity index (χ3v) is 4.44. The minimum Gasteiger partial charge on any atom is -0.480 e. The Morgan fingerprint density at radius 2 is 1.50 bits per heavy atom. The van der Waals surface area contributed by atoms with Crippen molar-refractivity contribution < 1.29 is 29.4 Å². The number of nitrogens with two attached hydrogens (primary N) is 2. The first kappa shape index (κ1) is 27.8. The van der Waals surface area contributed by atoms with E-state index in [1.807, 2.05) is 13.8 Å². The number of carbonyl (C=O) groups is 4. The maximum atomic E-state index is 12.7. The number of amides is 3. The van der Waals surface area contributed by atoms with Gasteiger partial charge in [0, 0.05) is 0 Å². The zero-order valence-electron chi connectivity index (χ0n) is 18.2. The third-order valence-electron chi connectivity index (χ3n) is 4.44. The normalized spacial score (nSPS) is 16.1. The van der Waals surface area contributed by atoms with E-state index in [1.54, 1.807) is 0 Å². The third kappa shape index (κ3) is 10.5. The lowest BCUT2D eigenvalue weighted by molar-refractivity contribution is -0.142. The van der Waals surface area contributed by atoms with E-state index in [-0.39, 0.29) is 12.3 Å². The van der Waals surface area contributed by atoms with E-state index < -0.39 is 54.0 Å². The lowest BCUT2D eigenvalue weighted by Crippen LogP contribution is -2.59. The molecule has 5 atom stereocenters. The molecule has 174 valence electrons. The lowest BCUT2D eigenvalue weighted by Gasteiger charge is -2.26. The summed E-state index contributed by atoms with van der Waals surface area (Å²) in [4.78, 5) is 48.4. The Labute approximate surface area is 177 Å². The van der Waals surface area contributed by atoms with Gasteiger partial charge in [0.1, 0.15) is 18.1 Å². The topological polar surface area (TPSA) is 197 Å². The van der Waals surface area contributed by atoms with Crippen LogP contribution in [0.4, 0.5) is 0 Å². The summed E-state index contributed by atoms with van der Waals surface area (Å²) in [6.45, 7) is 6.78. The highest BCUT2D eigenvalue weighted by molar-refractivity contribution is 5.94. The van der Waals surface area contributed by atoms with E-state index in [9.17, 15) is 24.3 Å². The van der Waals surface area contributed by atoms with Crippen molar-refractivity contribution in [3.8, 4) is 0 Å². The Hall–Kier alpha value is -2.24. The van der Waals surface area contributed by atoms with Gasteiger partial charge in [-0.2, -0.15) is 0 Å². The largest absolute Gasteiger partial charge is 0.480 e. The molecule has 0 aliphatic rings. The van der Waals surface area contributed by atoms with Gasteiger partial charge in [-0.1, -0.05) is 20.3 Å². The first-order chi connectivity index (χ1) is 13.9. The molecule has 0 saturated heterocycles. The van der Waals surface area contributed by atoms with Gasteiger partial charge in [-0.15, -0.1) is 0 Å². The van der Waals surface area contributed by atoms with E-state index in [0.717, 1.165) is 0 Å². The molecule has 0 aromatic heterocycles. The van der Waals surface area contributed by atoms with Crippen LogP contribution in [0, 0.1) is 5.92 Å². The number of aliphatic carboxylic acids is 1. The summed E-state index contributed by atoms with van der Waals surface area (Å²) in [5.74, 6) is -3.23. The van der Waals surface area contributed by atoms with Crippen LogP contribution in [-0.2, 0) is 19.2 Å². The highest BCUT2D eigenvalue weighted by atomic mass is 16.4. The van der Waals surface area contributed by atoms with Crippen LogP contribution in [0.25, 0.3) is 0 Å². The van der Waals surface area contributed by atoms with E-state index in [4.69, 9.17) is 16.6 Å². The number of carbonyl (C=O) groups excluding carboxylic acids is 3. The maximum Gasteiger partial charge on any atom is 0.325 e. The van der Waals surface area contributed by atoms with E-state index >= 15 is 0 Å². The number of carboxylic acid groups (broad SMARTS) is 1. The number of hydrogen-bond acceptors (Lipinski definition) is 7. The molecule has 0 bridgehead atoms. The summed E-state index contributed by atoms with van der Waals surface area (Å²) < 4.78 is 0. The van der Waals surface area contributed by atoms with Crippen molar-refractivity contribution in [3.63, 3.8) is 0 Å². The van der Waals surface area contributed by atoms with Crippen LogP contribution < -0.4 is 27.4 Å². The van der Waals surface area contributed by atoms with Crippen molar-refractivity contribution in [2.24, 2.45) is 17.4 Å². The highest BCUT2D eigenvalue weighted by Gasteiger charge is 2.32. The fraction of sp³-hybridized carbons (Fsp3) is 0.789. The summed E-state index contributed by atoms with van der Waals surface area (Å²) in [5.41, 5.74) is 11.2. The standard InChI is InChI=1S/C19H37N5O6/c1-10(2)9-14(17(27)22-11(3)19(29)30)23-18(28)15(12(4)25)24-16(26)13(21)7-5-6-8-20/h10-15,25H,5-9,20-21H2,1-4H3,(H,22,27)(H,23,28)(H,24,26)(H,29,30). The van der Waals surface area contributed by atoms with E-state index in [2.05, 4.69) is 16.0 Å². The predicted molar refractivity (Wildman–Crippen MR) is 111 cm³/mol. The van der Waals surface area contributed by atoms with Crippen LogP contribution >= 0.6 is 0 Å². The van der Waals surface area contributed by atoms with Crippen molar-refractivity contribution in [1.82, 2.24) is 16.0 Å². The second kappa shape index (κ2) is 13.9. The molecule has 0 radical (unpaired) electrons. The SMILES string of the molecule is CC(C)CC(NC(=O)C(NC(=O)C(N)CCCCN)C(C)O)C(=O)NC(C)C(=O)O. The Bertz CT molecular complexity index is 584. The number of unbranched alkanes of at least 4 members (excludes halogenated alkanes) is 1. The molecule has 0 aromatic rings. The number of aliphatic hydroxyl groups is 1. The summed E-state index contributed by atoms with van der Waals surface area (Å²) in [6, 6.07) is -4.35. The molecule has 0 aromatic carbocycles. The van der Waals surface area contributed by atoms with Gasteiger partial charge in [0.05, 0.1) is 12.1 Å². The fourth-order valence-electron chi connectivity index (χ4n) is 2.65. The summed E-state index contributed by atoms with van der Waals surface area (Å²) in [6.07, 6.45) is 0.730. The Morgan fingerprint density at radius 1 is 0.900 bits per heavy atom. The van der Waals surface area contributed by atoms with Crippen LogP contribution in [0.5, 0.6) is 0 Å². The molecule has 3 amide bonds. The molecule has 0 aliphatic carbocycles. The molecular formula is C19H37N5O6. The number of nitrogens with one attached hydrogen (secondary N) is 3. The summed E-state index contributed by atoms with van der Waals surface area (Å²) >= 11 is 0. The Kier molecular flexibility index (Phi) is 12.8. The van der Waals surface area contributed by atoms with Gasteiger partial charge in [0.25, 0.3) is 0 Å². The van der Waals surface area contributed by atoms with Crippen molar-refractivity contribution in [1.29, 1.82) is 0 Å². The number of rotatable bonds is 14. The van der Waals surface area contributed by atoms with Crippen LogP contribution in [0.2, 0.25) is 0 Å². The van der Waals surface area contributed by atoms with Crippen molar-refractivity contribution in [2.75, 3.05) is 6.54 Å².